The van der Waals surface area contributed by atoms with Crippen molar-refractivity contribution in [3.05, 3.63) is 0 Å². The van der Waals surface area contributed by atoms with E-state index in [0.29, 0.717) is 12.5 Å². The van der Waals surface area contributed by atoms with Gasteiger partial charge in [0.25, 0.3) is 0 Å². The molecule has 1 amide bonds. The van der Waals surface area contributed by atoms with Crippen LogP contribution in [0, 0.1) is 5.92 Å². The number of nitrogens with one attached hydrogen (secondary N) is 1. The minimum absolute atomic E-state index is 0.232. The van der Waals surface area contributed by atoms with Crippen molar-refractivity contribution in [3.8, 4) is 0 Å². The van der Waals surface area contributed by atoms with E-state index in [4.69, 9.17) is 9.47 Å². The second-order valence-corrected chi connectivity index (χ2v) is 3.73. The lowest BCUT2D eigenvalue weighted by Gasteiger charge is -2.23. The minimum Gasteiger partial charge on any atom is -0.447 e. The third-order valence-corrected chi connectivity index (χ3v) is 2.70. The Balaban J connectivity index is 1.73. The Morgan fingerprint density at radius 3 is 2.77 bits per heavy atom. The van der Waals surface area contributed by atoms with Crippen LogP contribution in [-0.2, 0) is 9.47 Å². The molecule has 1 atom stereocenters. The minimum atomic E-state index is -0.267. The second kappa shape index (κ2) is 3.96. The van der Waals surface area contributed by atoms with Gasteiger partial charge in [-0.1, -0.05) is 0 Å². The zero-order chi connectivity index (χ0) is 9.10. The Bertz CT molecular complexity index is 189. The Morgan fingerprint density at radius 2 is 2.15 bits per heavy atom. The summed E-state index contributed by atoms with van der Waals surface area (Å²) in [5, 5.41) is 2.80. The van der Waals surface area contributed by atoms with Crippen LogP contribution >= 0.6 is 0 Å². The van der Waals surface area contributed by atoms with Gasteiger partial charge >= 0.3 is 6.09 Å². The maximum absolute atomic E-state index is 10.7. The lowest BCUT2D eigenvalue weighted by molar-refractivity contribution is 0.0607. The summed E-state index contributed by atoms with van der Waals surface area (Å²) in [5.41, 5.74) is 0. The third-order valence-electron chi connectivity index (χ3n) is 2.70. The largest absolute Gasteiger partial charge is 0.447 e. The summed E-state index contributed by atoms with van der Waals surface area (Å²) >= 11 is 0. The number of carbonyl (C=O) groups is 1. The molecule has 74 valence electrons. The van der Waals surface area contributed by atoms with Gasteiger partial charge in [-0.25, -0.2) is 4.79 Å². The zero-order valence-corrected chi connectivity index (χ0v) is 7.62. The number of hydrogen-bond donors (Lipinski definition) is 1. The summed E-state index contributed by atoms with van der Waals surface area (Å²) in [4.78, 5) is 10.7. The first-order valence-electron chi connectivity index (χ1n) is 4.85. The van der Waals surface area contributed by atoms with Crippen LogP contribution in [0.2, 0.25) is 0 Å². The van der Waals surface area contributed by atoms with Crippen LogP contribution < -0.4 is 5.32 Å². The molecular weight excluding hydrogens is 170 g/mol. The Labute approximate surface area is 77.6 Å². The van der Waals surface area contributed by atoms with Crippen molar-refractivity contribution in [3.63, 3.8) is 0 Å². The van der Waals surface area contributed by atoms with E-state index in [-0.39, 0.29) is 12.1 Å². The van der Waals surface area contributed by atoms with Crippen molar-refractivity contribution < 1.29 is 14.3 Å². The predicted octanol–water partition coefficient (Wildman–Crippen LogP) is 0.911. The van der Waals surface area contributed by atoms with E-state index in [0.717, 1.165) is 32.5 Å². The van der Waals surface area contributed by atoms with Gasteiger partial charge < -0.3 is 14.8 Å². The number of alkyl carbamates (subject to hydrolysis) is 1. The quantitative estimate of drug-likeness (QED) is 0.695. The van der Waals surface area contributed by atoms with Crippen LogP contribution in [0.25, 0.3) is 0 Å². The molecule has 0 spiro atoms. The smallest absolute Gasteiger partial charge is 0.407 e. The average Bonchev–Trinajstić information content (AvgIpc) is 2.53. The molecule has 0 aromatic carbocycles. The molecule has 2 aliphatic heterocycles. The molecule has 2 aliphatic rings. The lowest BCUT2D eigenvalue weighted by Crippen LogP contribution is -2.30. The zero-order valence-electron chi connectivity index (χ0n) is 7.62. The first-order chi connectivity index (χ1) is 6.34. The molecule has 0 aliphatic carbocycles. The number of rotatable bonds is 2. The van der Waals surface area contributed by atoms with Gasteiger partial charge in [0.15, 0.2) is 0 Å². The summed E-state index contributed by atoms with van der Waals surface area (Å²) < 4.78 is 10.1. The van der Waals surface area contributed by atoms with Crippen LogP contribution in [0.3, 0.4) is 0 Å². The average molecular weight is 185 g/mol. The first kappa shape index (κ1) is 8.81. The fourth-order valence-corrected chi connectivity index (χ4v) is 1.94. The van der Waals surface area contributed by atoms with E-state index in [9.17, 15) is 4.79 Å². The van der Waals surface area contributed by atoms with Crippen LogP contribution in [0.4, 0.5) is 4.79 Å². The van der Waals surface area contributed by atoms with E-state index in [2.05, 4.69) is 5.32 Å². The molecular formula is C9H15NO3. The Hall–Kier alpha value is -0.770. The van der Waals surface area contributed by atoms with Gasteiger partial charge in [-0.3, -0.25) is 0 Å². The van der Waals surface area contributed by atoms with Crippen molar-refractivity contribution in [2.24, 2.45) is 5.92 Å². The number of carbonyl (C=O) groups excluding carboxylic acids is 1. The van der Waals surface area contributed by atoms with Crippen molar-refractivity contribution in [1.29, 1.82) is 0 Å². The summed E-state index contributed by atoms with van der Waals surface area (Å²) in [6.07, 6.45) is 3.01. The maximum Gasteiger partial charge on any atom is 0.407 e. The highest BCUT2D eigenvalue weighted by atomic mass is 16.6. The summed E-state index contributed by atoms with van der Waals surface area (Å²) in [5.74, 6) is 0.695. The molecule has 0 aromatic heterocycles. The van der Waals surface area contributed by atoms with E-state index in [1.54, 1.807) is 0 Å². The summed E-state index contributed by atoms with van der Waals surface area (Å²) in [6, 6.07) is 0.232. The SMILES string of the molecule is O=C1NC(CC2CCOCC2)CO1. The molecule has 1 N–H and O–H groups in total. The number of amides is 1. The van der Waals surface area contributed by atoms with Gasteiger partial charge in [-0.15, -0.1) is 0 Å². The van der Waals surface area contributed by atoms with Gasteiger partial charge in [0.2, 0.25) is 0 Å². The molecule has 1 unspecified atom stereocenters. The van der Waals surface area contributed by atoms with E-state index in [1.807, 2.05) is 0 Å². The number of cyclic esters (lactones) is 1. The summed E-state index contributed by atoms with van der Waals surface area (Å²) in [7, 11) is 0. The van der Waals surface area contributed by atoms with E-state index in [1.165, 1.54) is 0 Å². The normalized spacial score (nSPS) is 29.8. The van der Waals surface area contributed by atoms with Crippen LogP contribution in [0.5, 0.6) is 0 Å². The molecule has 2 fully saturated rings. The molecule has 0 bridgehead atoms. The van der Waals surface area contributed by atoms with Crippen LogP contribution in [0.15, 0.2) is 0 Å². The molecule has 4 heteroatoms. The Kier molecular flexibility index (Phi) is 2.68. The number of ether oxygens (including phenoxy) is 2. The molecule has 2 rings (SSSR count). The topological polar surface area (TPSA) is 47.6 Å². The van der Waals surface area contributed by atoms with Crippen molar-refractivity contribution in [2.45, 2.75) is 25.3 Å². The third kappa shape index (κ3) is 2.34. The highest BCUT2D eigenvalue weighted by Crippen LogP contribution is 2.21. The highest BCUT2D eigenvalue weighted by Gasteiger charge is 2.26. The molecule has 0 saturated carbocycles. The molecule has 0 aromatic rings. The van der Waals surface area contributed by atoms with Crippen LogP contribution in [0.1, 0.15) is 19.3 Å². The van der Waals surface area contributed by atoms with Gasteiger partial charge in [0.05, 0.1) is 6.04 Å². The van der Waals surface area contributed by atoms with Gasteiger partial charge in [0, 0.05) is 13.2 Å². The molecule has 4 nitrogen and oxygen atoms in total. The second-order valence-electron chi connectivity index (χ2n) is 3.73. The summed E-state index contributed by atoms with van der Waals surface area (Å²) in [6.45, 7) is 2.27. The fraction of sp³-hybridized carbons (Fsp3) is 0.889. The van der Waals surface area contributed by atoms with E-state index >= 15 is 0 Å². The number of hydrogen-bond acceptors (Lipinski definition) is 3. The monoisotopic (exact) mass is 185 g/mol. The highest BCUT2D eigenvalue weighted by molar-refractivity contribution is 5.69. The van der Waals surface area contributed by atoms with Gasteiger partial charge in [-0.2, -0.15) is 0 Å². The van der Waals surface area contributed by atoms with Crippen LogP contribution in [-0.4, -0.2) is 32.0 Å². The Morgan fingerprint density at radius 1 is 1.38 bits per heavy atom. The van der Waals surface area contributed by atoms with Gasteiger partial charge in [-0.05, 0) is 25.2 Å². The molecule has 2 heterocycles. The molecule has 2 saturated heterocycles. The van der Waals surface area contributed by atoms with Gasteiger partial charge in [0.1, 0.15) is 6.61 Å². The maximum atomic E-state index is 10.7. The standard InChI is InChI=1S/C9H15NO3/c11-9-10-8(6-13-9)5-7-1-3-12-4-2-7/h7-8H,1-6H2,(H,10,11). The van der Waals surface area contributed by atoms with Crippen molar-refractivity contribution in [1.82, 2.24) is 5.32 Å². The predicted molar refractivity (Wildman–Crippen MR) is 46.4 cm³/mol. The molecule has 0 radical (unpaired) electrons. The van der Waals surface area contributed by atoms with Crippen molar-refractivity contribution >= 4 is 6.09 Å². The van der Waals surface area contributed by atoms with Crippen molar-refractivity contribution in [2.75, 3.05) is 19.8 Å². The lowest BCUT2D eigenvalue weighted by atomic mass is 9.93. The molecule has 13 heavy (non-hydrogen) atoms. The van der Waals surface area contributed by atoms with E-state index < -0.39 is 0 Å². The first-order valence-corrected chi connectivity index (χ1v) is 4.85. The fourth-order valence-electron chi connectivity index (χ4n) is 1.94.